The van der Waals surface area contributed by atoms with Crippen molar-refractivity contribution >= 4 is 17.5 Å². The summed E-state index contributed by atoms with van der Waals surface area (Å²) in [5, 5.41) is 11.2. The molecule has 1 fully saturated rings. The molecule has 0 radical (unpaired) electrons. The molecule has 5 nitrogen and oxygen atoms in total. The number of aromatic nitrogens is 2. The maximum absolute atomic E-state index is 11.7. The first-order valence-corrected chi connectivity index (χ1v) is 7.76. The van der Waals surface area contributed by atoms with E-state index in [4.69, 9.17) is 0 Å². The van der Waals surface area contributed by atoms with Crippen molar-refractivity contribution in [3.63, 3.8) is 0 Å². The number of benzene rings is 1. The van der Waals surface area contributed by atoms with Crippen LogP contribution < -0.4 is 10.2 Å². The third-order valence-electron chi connectivity index (χ3n) is 4.30. The van der Waals surface area contributed by atoms with Crippen LogP contribution in [0.2, 0.25) is 0 Å². The molecule has 1 amide bonds. The largest absolute Gasteiger partial charge is 0.350 e. The summed E-state index contributed by atoms with van der Waals surface area (Å²) in [5.74, 6) is 1.64. The minimum Gasteiger partial charge on any atom is -0.350 e. The monoisotopic (exact) mass is 294 g/mol. The molecule has 1 aromatic carbocycles. The molecule has 4 rings (SSSR count). The van der Waals surface area contributed by atoms with E-state index >= 15 is 0 Å². The number of carbonyl (C=O) groups excluding carboxylic acids is 1. The third-order valence-corrected chi connectivity index (χ3v) is 4.30. The highest BCUT2D eigenvalue weighted by Crippen LogP contribution is 2.30. The van der Waals surface area contributed by atoms with Crippen LogP contribution in [0.25, 0.3) is 0 Å². The van der Waals surface area contributed by atoms with Gasteiger partial charge in [0.05, 0.1) is 0 Å². The van der Waals surface area contributed by atoms with Gasteiger partial charge in [0.2, 0.25) is 5.91 Å². The Bertz CT molecular complexity index is 694. The fourth-order valence-electron chi connectivity index (χ4n) is 2.83. The molecular weight excluding hydrogens is 276 g/mol. The molecule has 2 aliphatic rings. The average molecular weight is 294 g/mol. The molecule has 0 spiro atoms. The summed E-state index contributed by atoms with van der Waals surface area (Å²) in [7, 11) is 0. The Hall–Kier alpha value is -2.43. The quantitative estimate of drug-likeness (QED) is 0.944. The standard InChI is InChI=1S/C17H18N4O/c22-17(13-5-6-13)18-15-7-8-16(20-19-15)21-10-9-12-3-1-2-4-14(12)11-21/h1-4,7-8,13H,5-6,9-11H2,(H,18,19,22). The highest BCUT2D eigenvalue weighted by atomic mass is 16.2. The number of nitrogens with one attached hydrogen (secondary N) is 1. The number of hydrogen-bond acceptors (Lipinski definition) is 4. The second-order valence-corrected chi connectivity index (χ2v) is 5.98. The molecule has 1 N–H and O–H groups in total. The maximum atomic E-state index is 11.7. The van der Waals surface area contributed by atoms with Crippen LogP contribution in [0.4, 0.5) is 11.6 Å². The Morgan fingerprint density at radius 3 is 2.64 bits per heavy atom. The number of rotatable bonds is 3. The Labute approximate surface area is 129 Å². The predicted molar refractivity (Wildman–Crippen MR) is 84.6 cm³/mol. The predicted octanol–water partition coefficient (Wildman–Crippen LogP) is 2.39. The van der Waals surface area contributed by atoms with Crippen molar-refractivity contribution in [2.45, 2.75) is 25.8 Å². The molecule has 1 saturated carbocycles. The molecule has 2 aromatic rings. The van der Waals surface area contributed by atoms with Gasteiger partial charge in [-0.2, -0.15) is 0 Å². The zero-order valence-corrected chi connectivity index (χ0v) is 12.3. The molecule has 0 bridgehead atoms. The molecule has 1 aromatic heterocycles. The van der Waals surface area contributed by atoms with E-state index in [1.54, 1.807) is 0 Å². The van der Waals surface area contributed by atoms with E-state index in [2.05, 4.69) is 44.7 Å². The number of nitrogens with zero attached hydrogens (tertiary/aromatic N) is 3. The van der Waals surface area contributed by atoms with Gasteiger partial charge in [0.1, 0.15) is 0 Å². The van der Waals surface area contributed by atoms with Gasteiger partial charge in [-0.05, 0) is 42.5 Å². The van der Waals surface area contributed by atoms with Crippen molar-refractivity contribution < 1.29 is 4.79 Å². The number of hydrogen-bond donors (Lipinski definition) is 1. The normalized spacial score (nSPS) is 17.0. The van der Waals surface area contributed by atoms with Gasteiger partial charge < -0.3 is 10.2 Å². The summed E-state index contributed by atoms with van der Waals surface area (Å²) < 4.78 is 0. The van der Waals surface area contributed by atoms with Crippen molar-refractivity contribution in [1.82, 2.24) is 10.2 Å². The van der Waals surface area contributed by atoms with Gasteiger partial charge in [0, 0.05) is 19.0 Å². The summed E-state index contributed by atoms with van der Waals surface area (Å²) in [6.45, 7) is 1.80. The molecule has 1 aliphatic carbocycles. The fourth-order valence-corrected chi connectivity index (χ4v) is 2.83. The number of amides is 1. The number of fused-ring (bicyclic) bond motifs is 1. The lowest BCUT2D eigenvalue weighted by Gasteiger charge is -2.29. The summed E-state index contributed by atoms with van der Waals surface area (Å²) in [5.41, 5.74) is 2.77. The SMILES string of the molecule is O=C(Nc1ccc(N2CCc3ccccc3C2)nn1)C1CC1. The second-order valence-electron chi connectivity index (χ2n) is 5.98. The Balaban J connectivity index is 1.46. The minimum atomic E-state index is 0.0638. The molecule has 0 unspecified atom stereocenters. The van der Waals surface area contributed by atoms with Crippen molar-refractivity contribution in [2.75, 3.05) is 16.8 Å². The van der Waals surface area contributed by atoms with E-state index in [1.807, 2.05) is 12.1 Å². The van der Waals surface area contributed by atoms with Crippen LogP contribution in [0.5, 0.6) is 0 Å². The summed E-state index contributed by atoms with van der Waals surface area (Å²) in [6, 6.07) is 12.3. The van der Waals surface area contributed by atoms with Gasteiger partial charge in [-0.15, -0.1) is 10.2 Å². The van der Waals surface area contributed by atoms with Crippen LogP contribution in [-0.2, 0) is 17.8 Å². The van der Waals surface area contributed by atoms with E-state index in [0.717, 1.165) is 38.2 Å². The Kier molecular flexibility index (Phi) is 3.25. The summed E-state index contributed by atoms with van der Waals surface area (Å²) in [4.78, 5) is 13.9. The molecule has 5 heteroatoms. The van der Waals surface area contributed by atoms with E-state index in [9.17, 15) is 4.79 Å². The second kappa shape index (κ2) is 5.40. The summed E-state index contributed by atoms with van der Waals surface area (Å²) in [6.07, 6.45) is 3.01. The molecular formula is C17H18N4O. The first-order valence-electron chi connectivity index (χ1n) is 7.76. The third kappa shape index (κ3) is 2.66. The molecule has 2 heterocycles. The van der Waals surface area contributed by atoms with Gasteiger partial charge in [-0.25, -0.2) is 0 Å². The van der Waals surface area contributed by atoms with Gasteiger partial charge in [-0.3, -0.25) is 4.79 Å². The highest BCUT2D eigenvalue weighted by Gasteiger charge is 2.29. The fraction of sp³-hybridized carbons (Fsp3) is 0.353. The lowest BCUT2D eigenvalue weighted by Crippen LogP contribution is -2.31. The van der Waals surface area contributed by atoms with Gasteiger partial charge >= 0.3 is 0 Å². The molecule has 22 heavy (non-hydrogen) atoms. The number of carbonyl (C=O) groups is 1. The van der Waals surface area contributed by atoms with Crippen LogP contribution in [0.1, 0.15) is 24.0 Å². The maximum Gasteiger partial charge on any atom is 0.228 e. The van der Waals surface area contributed by atoms with Gasteiger partial charge in [-0.1, -0.05) is 24.3 Å². The molecule has 0 saturated heterocycles. The van der Waals surface area contributed by atoms with Crippen LogP contribution in [0.15, 0.2) is 36.4 Å². The lowest BCUT2D eigenvalue weighted by molar-refractivity contribution is -0.117. The van der Waals surface area contributed by atoms with E-state index in [1.165, 1.54) is 11.1 Å². The zero-order chi connectivity index (χ0) is 14.9. The van der Waals surface area contributed by atoms with Crippen molar-refractivity contribution in [3.05, 3.63) is 47.5 Å². The minimum absolute atomic E-state index is 0.0638. The lowest BCUT2D eigenvalue weighted by atomic mass is 10.00. The van der Waals surface area contributed by atoms with Gasteiger partial charge in [0.15, 0.2) is 11.6 Å². The first-order chi connectivity index (χ1) is 10.8. The van der Waals surface area contributed by atoms with Gasteiger partial charge in [0.25, 0.3) is 0 Å². The highest BCUT2D eigenvalue weighted by molar-refractivity contribution is 5.93. The number of anilines is 2. The van der Waals surface area contributed by atoms with Crippen LogP contribution >= 0.6 is 0 Å². The molecule has 0 atom stereocenters. The van der Waals surface area contributed by atoms with Crippen LogP contribution in [-0.4, -0.2) is 22.6 Å². The average Bonchev–Trinajstić information content (AvgIpc) is 3.40. The van der Waals surface area contributed by atoms with Crippen molar-refractivity contribution in [1.29, 1.82) is 0 Å². The van der Waals surface area contributed by atoms with Crippen molar-refractivity contribution in [2.24, 2.45) is 5.92 Å². The summed E-state index contributed by atoms with van der Waals surface area (Å²) >= 11 is 0. The van der Waals surface area contributed by atoms with E-state index < -0.39 is 0 Å². The Morgan fingerprint density at radius 1 is 1.09 bits per heavy atom. The van der Waals surface area contributed by atoms with Crippen molar-refractivity contribution in [3.8, 4) is 0 Å². The van der Waals surface area contributed by atoms with E-state index in [0.29, 0.717) is 5.82 Å². The molecule has 112 valence electrons. The van der Waals surface area contributed by atoms with Crippen LogP contribution in [0.3, 0.4) is 0 Å². The van der Waals surface area contributed by atoms with Crippen LogP contribution in [0, 0.1) is 5.92 Å². The zero-order valence-electron chi connectivity index (χ0n) is 12.3. The first kappa shape index (κ1) is 13.2. The smallest absolute Gasteiger partial charge is 0.228 e. The van der Waals surface area contributed by atoms with E-state index in [-0.39, 0.29) is 11.8 Å². The molecule has 1 aliphatic heterocycles. The topological polar surface area (TPSA) is 58.1 Å². The Morgan fingerprint density at radius 2 is 1.91 bits per heavy atom.